The highest BCUT2D eigenvalue weighted by atomic mass is 16.2. The second-order valence-electron chi connectivity index (χ2n) is 5.09. The predicted octanol–water partition coefficient (Wildman–Crippen LogP) is 3.88. The molecule has 0 aliphatic carbocycles. The standard InChI is InChI=1S/C15H16BN2O4.4C2H6/c1-9-10(4-3-5-11(9)16-2)15(22)18(8-19)12-6-7-13(20)17-14(12)21;4*1-2/h3-5,8,12H,6-7H2,1-2H3,(H,17,20,21);4*1-2H3. The molecule has 1 aliphatic rings. The van der Waals surface area contributed by atoms with Crippen molar-refractivity contribution in [3.8, 4) is 0 Å². The molecule has 1 unspecified atom stereocenters. The van der Waals surface area contributed by atoms with E-state index in [2.05, 4.69) is 5.32 Å². The molecule has 2 rings (SSSR count). The van der Waals surface area contributed by atoms with Gasteiger partial charge in [-0.25, -0.2) is 0 Å². The zero-order chi connectivity index (χ0) is 24.3. The van der Waals surface area contributed by atoms with E-state index in [-0.39, 0.29) is 12.8 Å². The molecular weight excluding hydrogens is 379 g/mol. The highest BCUT2D eigenvalue weighted by Gasteiger charge is 2.35. The minimum atomic E-state index is -0.948. The SMILES string of the molecule is CC.CC.CC.CC.C[B]c1cccc(C(=O)N(C=O)C2CCC(=O)NC2=O)c1C. The Kier molecular flexibility index (Phi) is 21.3. The number of imide groups is 2. The maximum absolute atomic E-state index is 12.6. The van der Waals surface area contributed by atoms with Crippen LogP contribution in [0.25, 0.3) is 0 Å². The van der Waals surface area contributed by atoms with Gasteiger partial charge < -0.3 is 0 Å². The first-order valence-electron chi connectivity index (χ1n) is 11.0. The van der Waals surface area contributed by atoms with E-state index < -0.39 is 23.8 Å². The molecule has 7 heteroatoms. The average molecular weight is 419 g/mol. The maximum atomic E-state index is 12.6. The Morgan fingerprint density at radius 2 is 1.60 bits per heavy atom. The largest absolute Gasteiger partial charge is 0.295 e. The third kappa shape index (κ3) is 9.38. The molecule has 1 saturated heterocycles. The molecule has 1 N–H and O–H groups in total. The number of amides is 4. The van der Waals surface area contributed by atoms with Crippen molar-refractivity contribution in [1.29, 1.82) is 0 Å². The van der Waals surface area contributed by atoms with Crippen LogP contribution in [0.1, 0.15) is 84.2 Å². The van der Waals surface area contributed by atoms with Crippen molar-refractivity contribution < 1.29 is 19.2 Å². The summed E-state index contributed by atoms with van der Waals surface area (Å²) in [6.07, 6.45) is 0.605. The van der Waals surface area contributed by atoms with Crippen LogP contribution in [0.2, 0.25) is 6.82 Å². The number of hydrogen-bond acceptors (Lipinski definition) is 4. The van der Waals surface area contributed by atoms with E-state index in [1.165, 1.54) is 0 Å². The van der Waals surface area contributed by atoms with Crippen molar-refractivity contribution in [1.82, 2.24) is 10.2 Å². The second kappa shape index (κ2) is 19.9. The lowest BCUT2D eigenvalue weighted by Crippen LogP contribution is -2.54. The van der Waals surface area contributed by atoms with Gasteiger partial charge in [-0.1, -0.05) is 79.8 Å². The lowest BCUT2D eigenvalue weighted by molar-refractivity contribution is -0.139. The van der Waals surface area contributed by atoms with Crippen LogP contribution in [0.4, 0.5) is 0 Å². The minimum Gasteiger partial charge on any atom is -0.295 e. The first-order chi connectivity index (χ1) is 14.5. The topological polar surface area (TPSA) is 83.6 Å². The molecule has 1 aromatic carbocycles. The van der Waals surface area contributed by atoms with Crippen LogP contribution in [0.3, 0.4) is 0 Å². The number of hydrogen-bond donors (Lipinski definition) is 1. The Hall–Kier alpha value is -2.44. The van der Waals surface area contributed by atoms with Crippen LogP contribution >= 0.6 is 0 Å². The zero-order valence-corrected chi connectivity index (χ0v) is 20.5. The van der Waals surface area contributed by atoms with Gasteiger partial charge in [-0.2, -0.15) is 0 Å². The van der Waals surface area contributed by atoms with Crippen LogP contribution in [-0.2, 0) is 14.4 Å². The Bertz CT molecular complexity index is 648. The van der Waals surface area contributed by atoms with Crippen LogP contribution in [-0.4, -0.2) is 42.4 Å². The fourth-order valence-electron chi connectivity index (χ4n) is 2.55. The van der Waals surface area contributed by atoms with Crippen LogP contribution in [0.15, 0.2) is 18.2 Å². The molecule has 1 radical (unpaired) electrons. The number of rotatable bonds is 4. The monoisotopic (exact) mass is 419 g/mol. The summed E-state index contributed by atoms with van der Waals surface area (Å²) < 4.78 is 0. The lowest BCUT2D eigenvalue weighted by Gasteiger charge is -2.28. The van der Waals surface area contributed by atoms with Gasteiger partial charge in [-0.3, -0.25) is 29.4 Å². The quantitative estimate of drug-likeness (QED) is 0.456. The Morgan fingerprint density at radius 1 is 1.07 bits per heavy atom. The van der Waals surface area contributed by atoms with Crippen molar-refractivity contribution in [3.63, 3.8) is 0 Å². The summed E-state index contributed by atoms with van der Waals surface area (Å²) in [5.74, 6) is -1.54. The van der Waals surface area contributed by atoms with Crippen LogP contribution in [0.5, 0.6) is 0 Å². The zero-order valence-electron chi connectivity index (χ0n) is 20.5. The van der Waals surface area contributed by atoms with E-state index in [0.717, 1.165) is 15.9 Å². The number of carbonyl (C=O) groups is 4. The first kappa shape index (κ1) is 32.2. The minimum absolute atomic E-state index is 0.107. The fourth-order valence-corrected chi connectivity index (χ4v) is 2.55. The molecule has 6 nitrogen and oxygen atoms in total. The summed E-state index contributed by atoms with van der Waals surface area (Å²) in [5.41, 5.74) is 2.00. The van der Waals surface area contributed by atoms with Crippen molar-refractivity contribution in [2.75, 3.05) is 0 Å². The molecule has 1 atom stereocenters. The number of carbonyl (C=O) groups excluding carboxylic acids is 4. The van der Waals surface area contributed by atoms with Gasteiger partial charge in [0.1, 0.15) is 13.3 Å². The summed E-state index contributed by atoms with van der Waals surface area (Å²) >= 11 is 0. The molecule has 0 saturated carbocycles. The highest BCUT2D eigenvalue weighted by Crippen LogP contribution is 2.16. The molecule has 1 fully saturated rings. The van der Waals surface area contributed by atoms with Crippen molar-refractivity contribution >= 4 is 36.9 Å². The predicted molar refractivity (Wildman–Crippen MR) is 126 cm³/mol. The summed E-state index contributed by atoms with van der Waals surface area (Å²) in [7, 11) is 1.86. The number of nitrogens with one attached hydrogen (secondary N) is 1. The van der Waals surface area contributed by atoms with Gasteiger partial charge in [0.25, 0.3) is 5.91 Å². The number of benzene rings is 1. The summed E-state index contributed by atoms with van der Waals surface area (Å²) in [6, 6.07) is 4.26. The Balaban J connectivity index is -0.000000815. The average Bonchev–Trinajstić information content (AvgIpc) is 2.81. The lowest BCUT2D eigenvalue weighted by atomic mass is 9.70. The highest BCUT2D eigenvalue weighted by molar-refractivity contribution is 6.52. The number of piperidine rings is 1. The van der Waals surface area contributed by atoms with E-state index >= 15 is 0 Å². The molecule has 0 aromatic heterocycles. The smallest absolute Gasteiger partial charge is 0.261 e. The van der Waals surface area contributed by atoms with Crippen molar-refractivity contribution in [2.24, 2.45) is 0 Å². The van der Waals surface area contributed by atoms with Gasteiger partial charge >= 0.3 is 0 Å². The van der Waals surface area contributed by atoms with Gasteiger partial charge in [0, 0.05) is 12.0 Å². The van der Waals surface area contributed by atoms with Crippen molar-refractivity contribution in [2.45, 2.75) is 88.0 Å². The van der Waals surface area contributed by atoms with E-state index in [4.69, 9.17) is 0 Å². The Labute approximate surface area is 184 Å². The van der Waals surface area contributed by atoms with Gasteiger partial charge in [0.05, 0.1) is 0 Å². The van der Waals surface area contributed by atoms with E-state index in [1.807, 2.05) is 75.6 Å². The molecule has 0 bridgehead atoms. The number of nitrogens with zero attached hydrogens (tertiary/aromatic N) is 1. The fraction of sp³-hybridized carbons (Fsp3) is 0.565. The Morgan fingerprint density at radius 3 is 2.03 bits per heavy atom. The normalized spacial score (nSPS) is 13.7. The second-order valence-corrected chi connectivity index (χ2v) is 5.09. The third-order valence-electron chi connectivity index (χ3n) is 3.81. The first-order valence-corrected chi connectivity index (χ1v) is 11.0. The molecule has 1 aliphatic heterocycles. The summed E-state index contributed by atoms with van der Waals surface area (Å²) in [6.45, 7) is 19.6. The summed E-state index contributed by atoms with van der Waals surface area (Å²) in [4.78, 5) is 47.9. The molecule has 1 heterocycles. The van der Waals surface area contributed by atoms with E-state index in [0.29, 0.717) is 12.0 Å². The van der Waals surface area contributed by atoms with Gasteiger partial charge in [-0.05, 0) is 25.0 Å². The third-order valence-corrected chi connectivity index (χ3v) is 3.81. The van der Waals surface area contributed by atoms with Gasteiger partial charge in [-0.15, -0.1) is 0 Å². The van der Waals surface area contributed by atoms with Crippen molar-refractivity contribution in [3.05, 3.63) is 29.3 Å². The van der Waals surface area contributed by atoms with Gasteiger partial charge in [0.15, 0.2) is 0 Å². The van der Waals surface area contributed by atoms with Gasteiger partial charge in [0.2, 0.25) is 18.2 Å². The molecule has 169 valence electrons. The molecular formula is C23H40BN2O4. The maximum Gasteiger partial charge on any atom is 0.261 e. The van der Waals surface area contributed by atoms with E-state index in [9.17, 15) is 19.2 Å². The van der Waals surface area contributed by atoms with Crippen LogP contribution in [0, 0.1) is 6.92 Å². The molecule has 0 spiro atoms. The molecule has 1 aromatic rings. The molecule has 4 amide bonds. The van der Waals surface area contributed by atoms with Crippen LogP contribution < -0.4 is 10.8 Å². The molecule has 30 heavy (non-hydrogen) atoms. The van der Waals surface area contributed by atoms with E-state index in [1.54, 1.807) is 19.1 Å². The summed E-state index contributed by atoms with van der Waals surface area (Å²) in [5, 5.41) is 2.15.